The van der Waals surface area contributed by atoms with E-state index in [4.69, 9.17) is 9.52 Å². The molecule has 2 heterocycles. The summed E-state index contributed by atoms with van der Waals surface area (Å²) in [5, 5.41) is 10.6. The lowest BCUT2D eigenvalue weighted by Gasteiger charge is -1.91. The van der Waals surface area contributed by atoms with Gasteiger partial charge in [-0.25, -0.2) is 4.79 Å². The number of thiophene rings is 1. The van der Waals surface area contributed by atoms with Crippen LogP contribution in [0.4, 0.5) is 10.6 Å². The fraction of sp³-hybridized carbons (Fsp3) is 0.182. The number of amides is 1. The average Bonchev–Trinajstić information content (AvgIpc) is 2.88. The molecule has 0 radical (unpaired) electrons. The van der Waals surface area contributed by atoms with Crippen molar-refractivity contribution in [2.24, 2.45) is 0 Å². The number of nitrogens with zero attached hydrogens (tertiary/aromatic N) is 1. The third kappa shape index (κ3) is 2.95. The average molecular weight is 266 g/mol. The van der Waals surface area contributed by atoms with Crippen molar-refractivity contribution < 1.29 is 19.1 Å². The highest BCUT2D eigenvalue weighted by Crippen LogP contribution is 2.20. The van der Waals surface area contributed by atoms with Gasteiger partial charge in [0.1, 0.15) is 6.26 Å². The normalized spacial score (nSPS) is 10.3. The van der Waals surface area contributed by atoms with Gasteiger partial charge in [0.2, 0.25) is 5.89 Å². The molecule has 2 N–H and O–H groups in total. The van der Waals surface area contributed by atoms with Crippen molar-refractivity contribution in [3.8, 4) is 0 Å². The van der Waals surface area contributed by atoms with Gasteiger partial charge in [-0.15, -0.1) is 11.3 Å². The van der Waals surface area contributed by atoms with E-state index in [1.807, 2.05) is 6.07 Å². The molecule has 0 aliphatic heterocycles. The molecule has 2 aromatic heterocycles. The molecule has 2 aromatic rings. The number of ketones is 1. The summed E-state index contributed by atoms with van der Waals surface area (Å²) in [4.78, 5) is 27.1. The number of hydrogen-bond acceptors (Lipinski definition) is 5. The minimum atomic E-state index is -1.19. The van der Waals surface area contributed by atoms with E-state index in [0.29, 0.717) is 17.2 Å². The lowest BCUT2D eigenvalue weighted by Crippen LogP contribution is -2.07. The molecule has 0 aliphatic rings. The van der Waals surface area contributed by atoms with Crippen molar-refractivity contribution >= 4 is 29.0 Å². The number of oxazole rings is 1. The second-order valence-electron chi connectivity index (χ2n) is 3.56. The summed E-state index contributed by atoms with van der Waals surface area (Å²) >= 11 is 1.37. The van der Waals surface area contributed by atoms with Crippen LogP contribution in [0.25, 0.3) is 0 Å². The van der Waals surface area contributed by atoms with Gasteiger partial charge in [0.05, 0.1) is 11.3 Å². The van der Waals surface area contributed by atoms with Crippen LogP contribution in [0.5, 0.6) is 0 Å². The number of nitrogens with one attached hydrogen (secondary N) is 1. The Kier molecular flexibility index (Phi) is 3.42. The summed E-state index contributed by atoms with van der Waals surface area (Å²) in [6.07, 6.45) is 0.479. The Labute approximate surface area is 106 Å². The molecule has 0 unspecified atom stereocenters. The molecule has 0 saturated heterocycles. The number of Topliss-reactive ketones (excluding diaryl/α,β-unsaturated/α-hetero) is 1. The topological polar surface area (TPSA) is 92.4 Å². The fourth-order valence-electron chi connectivity index (χ4n) is 1.37. The minimum Gasteiger partial charge on any atom is -0.465 e. The van der Waals surface area contributed by atoms with Crippen molar-refractivity contribution in [2.45, 2.75) is 13.3 Å². The first-order valence-corrected chi connectivity index (χ1v) is 5.90. The Hall–Kier alpha value is -2.15. The van der Waals surface area contributed by atoms with Crippen LogP contribution < -0.4 is 5.32 Å². The Bertz CT molecular complexity index is 587. The van der Waals surface area contributed by atoms with Gasteiger partial charge in [-0.2, -0.15) is 4.98 Å². The molecule has 0 spiro atoms. The SMILES string of the molecule is CC(=O)c1ccc(Cc2nc(NC(=O)O)co2)s1. The van der Waals surface area contributed by atoms with Gasteiger partial charge in [-0.3, -0.25) is 10.1 Å². The van der Waals surface area contributed by atoms with E-state index in [0.717, 1.165) is 4.88 Å². The van der Waals surface area contributed by atoms with Crippen LogP contribution in [0.15, 0.2) is 22.8 Å². The lowest BCUT2D eigenvalue weighted by atomic mass is 10.3. The van der Waals surface area contributed by atoms with E-state index in [1.165, 1.54) is 24.5 Å². The molecule has 0 fully saturated rings. The maximum atomic E-state index is 11.1. The summed E-state index contributed by atoms with van der Waals surface area (Å²) in [6.45, 7) is 1.51. The van der Waals surface area contributed by atoms with E-state index in [-0.39, 0.29) is 11.6 Å². The molecule has 1 amide bonds. The third-order valence-corrected chi connectivity index (χ3v) is 3.31. The van der Waals surface area contributed by atoms with Gasteiger partial charge >= 0.3 is 6.09 Å². The van der Waals surface area contributed by atoms with Gasteiger partial charge in [-0.1, -0.05) is 0 Å². The molecule has 6 nitrogen and oxygen atoms in total. The maximum Gasteiger partial charge on any atom is 0.410 e. The molecular formula is C11H10N2O4S. The minimum absolute atomic E-state index is 0.0203. The van der Waals surface area contributed by atoms with Crippen LogP contribution >= 0.6 is 11.3 Å². The molecule has 0 aliphatic carbocycles. The van der Waals surface area contributed by atoms with Crippen LogP contribution in [0, 0.1) is 0 Å². The highest BCUT2D eigenvalue weighted by molar-refractivity contribution is 7.14. The number of aromatic nitrogens is 1. The van der Waals surface area contributed by atoms with Gasteiger partial charge in [0.25, 0.3) is 0 Å². The van der Waals surface area contributed by atoms with Crippen LogP contribution in [0.3, 0.4) is 0 Å². The molecule has 0 saturated carbocycles. The molecule has 0 atom stereocenters. The van der Waals surface area contributed by atoms with Crippen LogP contribution in [0.1, 0.15) is 27.4 Å². The summed E-state index contributed by atoms with van der Waals surface area (Å²) in [5.74, 6) is 0.573. The van der Waals surface area contributed by atoms with Crippen LogP contribution in [-0.4, -0.2) is 22.0 Å². The predicted octanol–water partition coefficient (Wildman–Crippen LogP) is 2.62. The zero-order valence-electron chi connectivity index (χ0n) is 9.47. The van der Waals surface area contributed by atoms with Gasteiger partial charge in [-0.05, 0) is 19.1 Å². The Morgan fingerprint density at radius 1 is 1.50 bits per heavy atom. The number of rotatable bonds is 4. The second-order valence-corrected chi connectivity index (χ2v) is 4.72. The predicted molar refractivity (Wildman–Crippen MR) is 65.3 cm³/mol. The van der Waals surface area contributed by atoms with Gasteiger partial charge in [0, 0.05) is 4.88 Å². The zero-order chi connectivity index (χ0) is 13.1. The van der Waals surface area contributed by atoms with E-state index >= 15 is 0 Å². The quantitative estimate of drug-likeness (QED) is 0.830. The monoisotopic (exact) mass is 266 g/mol. The number of carbonyl (C=O) groups is 2. The second kappa shape index (κ2) is 5.01. The maximum absolute atomic E-state index is 11.1. The summed E-state index contributed by atoms with van der Waals surface area (Å²) in [7, 11) is 0. The Morgan fingerprint density at radius 3 is 2.89 bits per heavy atom. The lowest BCUT2D eigenvalue weighted by molar-refractivity contribution is 0.102. The number of carboxylic acid groups (broad SMARTS) is 1. The highest BCUT2D eigenvalue weighted by Gasteiger charge is 2.10. The fourth-order valence-corrected chi connectivity index (χ4v) is 2.26. The van der Waals surface area contributed by atoms with Gasteiger partial charge < -0.3 is 9.52 Å². The Balaban J connectivity index is 2.06. The van der Waals surface area contributed by atoms with E-state index in [9.17, 15) is 9.59 Å². The molecule has 7 heteroatoms. The number of hydrogen-bond donors (Lipinski definition) is 2. The van der Waals surface area contributed by atoms with Crippen molar-refractivity contribution in [3.63, 3.8) is 0 Å². The zero-order valence-corrected chi connectivity index (χ0v) is 10.3. The third-order valence-electron chi connectivity index (χ3n) is 2.12. The molecular weight excluding hydrogens is 256 g/mol. The Morgan fingerprint density at radius 2 is 2.28 bits per heavy atom. The van der Waals surface area contributed by atoms with E-state index in [1.54, 1.807) is 6.07 Å². The van der Waals surface area contributed by atoms with Crippen molar-refractivity contribution in [1.82, 2.24) is 4.98 Å². The van der Waals surface area contributed by atoms with Crippen molar-refractivity contribution in [3.05, 3.63) is 34.0 Å². The number of anilines is 1. The first kappa shape index (κ1) is 12.3. The molecule has 18 heavy (non-hydrogen) atoms. The molecule has 0 bridgehead atoms. The van der Waals surface area contributed by atoms with Gasteiger partial charge in [0.15, 0.2) is 11.6 Å². The van der Waals surface area contributed by atoms with E-state index < -0.39 is 6.09 Å². The molecule has 94 valence electrons. The van der Waals surface area contributed by atoms with Crippen LogP contribution in [0.2, 0.25) is 0 Å². The highest BCUT2D eigenvalue weighted by atomic mass is 32.1. The van der Waals surface area contributed by atoms with Crippen molar-refractivity contribution in [1.29, 1.82) is 0 Å². The smallest absolute Gasteiger partial charge is 0.410 e. The first-order valence-electron chi connectivity index (χ1n) is 5.08. The molecule has 2 rings (SSSR count). The summed E-state index contributed by atoms with van der Waals surface area (Å²) in [5.41, 5.74) is 0. The standard InChI is InChI=1S/C11H10N2O4S/c1-6(14)8-3-2-7(18-8)4-10-12-9(5-17-10)13-11(15)16/h2-3,5,13H,4H2,1H3,(H,15,16). The summed E-state index contributed by atoms with van der Waals surface area (Å²) < 4.78 is 5.12. The van der Waals surface area contributed by atoms with E-state index in [2.05, 4.69) is 10.3 Å². The number of carbonyl (C=O) groups excluding carboxylic acids is 1. The summed E-state index contributed by atoms with van der Waals surface area (Å²) in [6, 6.07) is 3.58. The first-order chi connectivity index (χ1) is 8.54. The van der Waals surface area contributed by atoms with Crippen LogP contribution in [-0.2, 0) is 6.42 Å². The molecule has 0 aromatic carbocycles. The largest absolute Gasteiger partial charge is 0.465 e. The van der Waals surface area contributed by atoms with Crippen molar-refractivity contribution in [2.75, 3.05) is 5.32 Å².